The number of ketones is 1. The summed E-state index contributed by atoms with van der Waals surface area (Å²) in [5.41, 5.74) is 3.08. The van der Waals surface area contributed by atoms with Crippen LogP contribution in [-0.2, 0) is 11.2 Å². The maximum Gasteiger partial charge on any atom is 0.171 e. The van der Waals surface area contributed by atoms with Crippen LogP contribution in [0, 0.1) is 11.3 Å². The zero-order valence-electron chi connectivity index (χ0n) is 15.3. The van der Waals surface area contributed by atoms with Crippen molar-refractivity contribution in [3.63, 3.8) is 0 Å². The molecule has 0 aliphatic rings. The normalized spacial score (nSPS) is 10.7. The van der Waals surface area contributed by atoms with Crippen LogP contribution in [-0.4, -0.2) is 17.5 Å². The average molecular weight is 495 g/mol. The van der Waals surface area contributed by atoms with E-state index in [1.807, 2.05) is 30.3 Å². The van der Waals surface area contributed by atoms with Crippen molar-refractivity contribution in [1.82, 2.24) is 0 Å². The Kier molecular flexibility index (Phi) is 7.88. The van der Waals surface area contributed by atoms with Crippen molar-refractivity contribution in [2.24, 2.45) is 0 Å². The average Bonchev–Trinajstić information content (AvgIpc) is 2.62. The Labute approximate surface area is 176 Å². The topological polar surface area (TPSA) is 70.3 Å². The van der Waals surface area contributed by atoms with Crippen LogP contribution < -0.4 is 4.74 Å². The lowest BCUT2D eigenvalue weighted by Crippen LogP contribution is -2.10. The first kappa shape index (κ1) is 21.5. The summed E-state index contributed by atoms with van der Waals surface area (Å²) >= 11 is 7.16. The van der Waals surface area contributed by atoms with Gasteiger partial charge < -0.3 is 9.84 Å². The summed E-state index contributed by atoms with van der Waals surface area (Å²) in [6.45, 7) is 4.05. The zero-order valence-corrected chi connectivity index (χ0v) is 18.4. The molecule has 142 valence electrons. The van der Waals surface area contributed by atoms with Crippen molar-refractivity contribution in [1.29, 1.82) is 5.26 Å². The van der Waals surface area contributed by atoms with Crippen LogP contribution in [0.1, 0.15) is 49.3 Å². The molecule has 0 heterocycles. The molecule has 0 aromatic heterocycles. The molecule has 0 aliphatic carbocycles. The Bertz CT molecular complexity index is 849. The predicted octanol–water partition coefficient (Wildman–Crippen LogP) is 5.88. The van der Waals surface area contributed by atoms with Crippen molar-refractivity contribution in [3.8, 4) is 17.6 Å². The molecule has 1 N–H and O–H groups in total. The lowest BCUT2D eigenvalue weighted by atomic mass is 9.96. The molecule has 0 aliphatic heterocycles. The zero-order chi connectivity index (χ0) is 20.0. The van der Waals surface area contributed by atoms with Crippen molar-refractivity contribution in [2.45, 2.75) is 39.0 Å². The summed E-state index contributed by atoms with van der Waals surface area (Å²) in [7, 11) is 0. The number of nitriles is 1. The molecule has 2 aromatic rings. The fourth-order valence-electron chi connectivity index (χ4n) is 2.64. The van der Waals surface area contributed by atoms with Gasteiger partial charge in [-0.05, 0) is 47.2 Å². The van der Waals surface area contributed by atoms with E-state index < -0.39 is 0 Å². The Morgan fingerprint density at radius 1 is 1.22 bits per heavy atom. The molecule has 2 aromatic carbocycles. The van der Waals surface area contributed by atoms with Gasteiger partial charge in [-0.25, -0.2) is 0 Å². The third-order valence-electron chi connectivity index (χ3n) is 4.12. The predicted molar refractivity (Wildman–Crippen MR) is 112 cm³/mol. The molecule has 0 fully saturated rings. The number of ether oxygens (including phenoxy) is 1. The highest BCUT2D eigenvalue weighted by Crippen LogP contribution is 2.34. The van der Waals surface area contributed by atoms with Gasteiger partial charge in [0.25, 0.3) is 0 Å². The molecule has 0 bridgehead atoms. The second kappa shape index (κ2) is 9.91. The number of nitrogens with zero attached hydrogens (tertiary/aromatic N) is 1. The number of carbonyl (C=O) groups is 1. The smallest absolute Gasteiger partial charge is 0.171 e. The molecule has 4 nitrogen and oxygen atoms in total. The van der Waals surface area contributed by atoms with Gasteiger partial charge in [0.1, 0.15) is 18.1 Å². The number of halogens is 2. The maximum absolute atomic E-state index is 11.6. The largest absolute Gasteiger partial charge is 0.508 e. The number of rotatable bonds is 8. The van der Waals surface area contributed by atoms with Gasteiger partial charge in [-0.2, -0.15) is 5.26 Å². The van der Waals surface area contributed by atoms with Crippen LogP contribution in [0.25, 0.3) is 0 Å². The molecule has 0 saturated heterocycles. The monoisotopic (exact) mass is 493 g/mol. The van der Waals surface area contributed by atoms with Crippen LogP contribution in [0.2, 0.25) is 0 Å². The van der Waals surface area contributed by atoms with Crippen molar-refractivity contribution < 1.29 is 14.6 Å². The van der Waals surface area contributed by atoms with E-state index in [4.69, 9.17) is 10.00 Å². The molecule has 27 heavy (non-hydrogen) atoms. The lowest BCUT2D eigenvalue weighted by Gasteiger charge is -2.14. The van der Waals surface area contributed by atoms with E-state index in [-0.39, 0.29) is 31.1 Å². The van der Waals surface area contributed by atoms with Gasteiger partial charge in [0.15, 0.2) is 5.78 Å². The Hall–Kier alpha value is -1.84. The first-order valence-electron chi connectivity index (χ1n) is 8.63. The minimum atomic E-state index is -0.0989. The van der Waals surface area contributed by atoms with Crippen molar-refractivity contribution in [2.75, 3.05) is 6.61 Å². The van der Waals surface area contributed by atoms with E-state index >= 15 is 0 Å². The van der Waals surface area contributed by atoms with Crippen LogP contribution >= 0.6 is 31.9 Å². The summed E-state index contributed by atoms with van der Waals surface area (Å²) in [5.74, 6) is 1.04. The molecular weight excluding hydrogens is 474 g/mol. The van der Waals surface area contributed by atoms with E-state index in [1.54, 1.807) is 6.07 Å². The van der Waals surface area contributed by atoms with E-state index in [9.17, 15) is 9.90 Å². The van der Waals surface area contributed by atoms with Gasteiger partial charge in [-0.15, -0.1) is 0 Å². The lowest BCUT2D eigenvalue weighted by molar-refractivity contribution is -0.120. The Balaban J connectivity index is 2.14. The highest BCUT2D eigenvalue weighted by Gasteiger charge is 2.13. The van der Waals surface area contributed by atoms with Gasteiger partial charge in [0.05, 0.1) is 6.07 Å². The Morgan fingerprint density at radius 3 is 2.48 bits per heavy atom. The quantitative estimate of drug-likeness (QED) is 0.497. The molecule has 6 heteroatoms. The molecular formula is C21H21Br2NO3. The molecule has 0 saturated carbocycles. The summed E-state index contributed by atoms with van der Waals surface area (Å²) in [6, 6.07) is 11.3. The van der Waals surface area contributed by atoms with Crippen LogP contribution in [0.4, 0.5) is 0 Å². The molecule has 2 rings (SSSR count). The highest BCUT2D eigenvalue weighted by atomic mass is 79.9. The number of aromatic hydroxyl groups is 1. The number of phenolic OH excluding ortho intramolecular Hbond substituents is 1. The van der Waals surface area contributed by atoms with Crippen LogP contribution in [0.5, 0.6) is 11.5 Å². The van der Waals surface area contributed by atoms with Gasteiger partial charge in [-0.1, -0.05) is 57.8 Å². The van der Waals surface area contributed by atoms with Crippen LogP contribution in [0.3, 0.4) is 0 Å². The number of benzene rings is 2. The highest BCUT2D eigenvalue weighted by molar-refractivity contribution is 9.11. The first-order valence-corrected chi connectivity index (χ1v) is 10.2. The van der Waals surface area contributed by atoms with Gasteiger partial charge in [-0.3, -0.25) is 4.79 Å². The minimum Gasteiger partial charge on any atom is -0.508 e. The van der Waals surface area contributed by atoms with Crippen molar-refractivity contribution >= 4 is 37.6 Å². The maximum atomic E-state index is 11.6. The fraction of sp³-hybridized carbons (Fsp3) is 0.333. The third kappa shape index (κ3) is 6.08. The minimum absolute atomic E-state index is 0.0460. The number of phenols is 1. The second-order valence-corrected chi connectivity index (χ2v) is 8.28. The number of hydrogen-bond acceptors (Lipinski definition) is 4. The van der Waals surface area contributed by atoms with E-state index in [0.29, 0.717) is 17.9 Å². The molecule has 0 unspecified atom stereocenters. The Morgan fingerprint density at radius 2 is 1.89 bits per heavy atom. The standard InChI is InChI=1S/C21H21Br2NO3/c1-13(2)17-8-14(5-6-21(17)26)9-18-19(22)10-16(11-20(18)23)27-12-15(25)4-3-7-24/h5-6,8,10-11,13,26H,3-4,9,12H2,1-2H3. The third-order valence-corrected chi connectivity index (χ3v) is 5.54. The van der Waals surface area contributed by atoms with Gasteiger partial charge >= 0.3 is 0 Å². The molecule has 0 amide bonds. The number of Topliss-reactive ketones (excluding diaryl/α,β-unsaturated/α-hetero) is 1. The SMILES string of the molecule is CC(C)c1cc(Cc2c(Br)cc(OCC(=O)CCC#N)cc2Br)ccc1O. The fourth-order valence-corrected chi connectivity index (χ4v) is 4.07. The van der Waals surface area contributed by atoms with Crippen molar-refractivity contribution in [3.05, 3.63) is 56.0 Å². The molecule has 0 spiro atoms. The summed E-state index contributed by atoms with van der Waals surface area (Å²) in [6.07, 6.45) is 1.10. The molecule has 0 atom stereocenters. The van der Waals surface area contributed by atoms with Gasteiger partial charge in [0, 0.05) is 21.8 Å². The number of hydrogen-bond donors (Lipinski definition) is 1. The first-order chi connectivity index (χ1) is 12.8. The second-order valence-electron chi connectivity index (χ2n) is 6.58. The number of carbonyl (C=O) groups excluding carboxylic acids is 1. The summed E-state index contributed by atoms with van der Waals surface area (Å²) in [5, 5.41) is 18.5. The molecule has 0 radical (unpaired) electrons. The van der Waals surface area contributed by atoms with E-state index in [2.05, 4.69) is 45.7 Å². The van der Waals surface area contributed by atoms with E-state index in [0.717, 1.165) is 25.6 Å². The van der Waals surface area contributed by atoms with Crippen LogP contribution in [0.15, 0.2) is 39.3 Å². The van der Waals surface area contributed by atoms with Gasteiger partial charge in [0.2, 0.25) is 0 Å². The summed E-state index contributed by atoms with van der Waals surface area (Å²) < 4.78 is 7.29. The summed E-state index contributed by atoms with van der Waals surface area (Å²) in [4.78, 5) is 11.6. The van der Waals surface area contributed by atoms with E-state index in [1.165, 1.54) is 0 Å².